The Morgan fingerprint density at radius 3 is 2.79 bits per heavy atom. The van der Waals surface area contributed by atoms with E-state index in [2.05, 4.69) is 4.90 Å². The minimum absolute atomic E-state index is 0.216. The second kappa shape index (κ2) is 5.27. The van der Waals surface area contributed by atoms with Crippen LogP contribution in [0.4, 0.5) is 0 Å². The minimum Gasteiger partial charge on any atom is -0.389 e. The lowest BCUT2D eigenvalue weighted by Crippen LogP contribution is -2.36. The standard InChI is InChI=1S/C14H19N3OS/c1-14(13(16)18)5-6-17(9-14)8-10-3-2-4-11(7-10)12(15)19/h2-4,7H,5-6,8-9H2,1H3,(H2,15,19)(H2,16,18). The number of likely N-dealkylation sites (tertiary alicyclic amines) is 1. The molecule has 102 valence electrons. The molecule has 1 heterocycles. The van der Waals surface area contributed by atoms with Crippen molar-refractivity contribution in [3.63, 3.8) is 0 Å². The summed E-state index contributed by atoms with van der Waals surface area (Å²) in [7, 11) is 0. The number of nitrogens with two attached hydrogens (primary N) is 2. The molecule has 1 atom stereocenters. The number of benzene rings is 1. The summed E-state index contributed by atoms with van der Waals surface area (Å²) < 4.78 is 0. The maximum Gasteiger partial charge on any atom is 0.224 e. The van der Waals surface area contributed by atoms with Crippen molar-refractivity contribution in [3.05, 3.63) is 35.4 Å². The van der Waals surface area contributed by atoms with E-state index in [4.69, 9.17) is 23.7 Å². The Hall–Kier alpha value is -1.46. The summed E-state index contributed by atoms with van der Waals surface area (Å²) in [6.07, 6.45) is 0.817. The Labute approximate surface area is 118 Å². The van der Waals surface area contributed by atoms with Gasteiger partial charge in [0.05, 0.1) is 5.41 Å². The number of carbonyl (C=O) groups excluding carboxylic acids is 1. The first-order valence-corrected chi connectivity index (χ1v) is 6.72. The highest BCUT2D eigenvalue weighted by atomic mass is 32.1. The summed E-state index contributed by atoms with van der Waals surface area (Å²) in [5.41, 5.74) is 12.7. The van der Waals surface area contributed by atoms with E-state index in [1.807, 2.05) is 31.2 Å². The van der Waals surface area contributed by atoms with Gasteiger partial charge in [-0.15, -0.1) is 0 Å². The lowest BCUT2D eigenvalue weighted by atomic mass is 9.89. The van der Waals surface area contributed by atoms with Crippen molar-refractivity contribution in [3.8, 4) is 0 Å². The normalized spacial score (nSPS) is 23.4. The predicted octanol–water partition coefficient (Wildman–Crippen LogP) is 1.02. The molecule has 0 saturated carbocycles. The van der Waals surface area contributed by atoms with Crippen LogP contribution in [-0.4, -0.2) is 28.9 Å². The highest BCUT2D eigenvalue weighted by Crippen LogP contribution is 2.30. The first kappa shape index (κ1) is 14.0. The van der Waals surface area contributed by atoms with E-state index in [1.165, 1.54) is 0 Å². The third-order valence-electron chi connectivity index (χ3n) is 3.76. The summed E-state index contributed by atoms with van der Waals surface area (Å²) >= 11 is 4.98. The zero-order chi connectivity index (χ0) is 14.0. The van der Waals surface area contributed by atoms with E-state index >= 15 is 0 Å². The first-order valence-electron chi connectivity index (χ1n) is 6.32. The van der Waals surface area contributed by atoms with Crippen molar-refractivity contribution in [2.75, 3.05) is 13.1 Å². The van der Waals surface area contributed by atoms with E-state index in [0.717, 1.165) is 30.6 Å². The van der Waals surface area contributed by atoms with Gasteiger partial charge in [-0.25, -0.2) is 0 Å². The minimum atomic E-state index is -0.402. The molecule has 5 heteroatoms. The fourth-order valence-corrected chi connectivity index (χ4v) is 2.60. The Morgan fingerprint density at radius 1 is 1.47 bits per heavy atom. The van der Waals surface area contributed by atoms with Gasteiger partial charge in [-0.3, -0.25) is 9.69 Å². The summed E-state index contributed by atoms with van der Waals surface area (Å²) in [6.45, 7) is 4.32. The molecule has 0 spiro atoms. The van der Waals surface area contributed by atoms with Crippen molar-refractivity contribution in [1.29, 1.82) is 0 Å². The molecule has 1 aromatic rings. The zero-order valence-corrected chi connectivity index (χ0v) is 11.9. The number of nitrogens with zero attached hydrogens (tertiary/aromatic N) is 1. The van der Waals surface area contributed by atoms with Crippen LogP contribution in [0.3, 0.4) is 0 Å². The van der Waals surface area contributed by atoms with Crippen LogP contribution >= 0.6 is 12.2 Å². The van der Waals surface area contributed by atoms with Gasteiger partial charge in [0.1, 0.15) is 4.99 Å². The van der Waals surface area contributed by atoms with Gasteiger partial charge in [-0.1, -0.05) is 30.4 Å². The summed E-state index contributed by atoms with van der Waals surface area (Å²) in [5, 5.41) is 0. The summed E-state index contributed by atoms with van der Waals surface area (Å²) in [5.74, 6) is -0.216. The molecule has 1 fully saturated rings. The smallest absolute Gasteiger partial charge is 0.224 e. The lowest BCUT2D eigenvalue weighted by molar-refractivity contribution is -0.126. The van der Waals surface area contributed by atoms with E-state index in [1.54, 1.807) is 0 Å². The largest absolute Gasteiger partial charge is 0.389 e. The first-order chi connectivity index (χ1) is 8.90. The molecule has 4 nitrogen and oxygen atoms in total. The van der Waals surface area contributed by atoms with Crippen molar-refractivity contribution in [1.82, 2.24) is 4.90 Å². The van der Waals surface area contributed by atoms with Crippen LogP contribution in [0.15, 0.2) is 24.3 Å². The monoisotopic (exact) mass is 277 g/mol. The molecule has 0 aliphatic carbocycles. The summed E-state index contributed by atoms with van der Waals surface area (Å²) in [4.78, 5) is 14.1. The van der Waals surface area contributed by atoms with Gasteiger partial charge in [0.25, 0.3) is 0 Å². The fraction of sp³-hybridized carbons (Fsp3) is 0.429. The second-order valence-corrected chi connectivity index (χ2v) is 5.89. The molecule has 4 N–H and O–H groups in total. The van der Waals surface area contributed by atoms with E-state index < -0.39 is 5.41 Å². The zero-order valence-electron chi connectivity index (χ0n) is 11.1. The van der Waals surface area contributed by atoms with Gasteiger partial charge >= 0.3 is 0 Å². The molecule has 1 aromatic carbocycles. The van der Waals surface area contributed by atoms with Gasteiger partial charge in [0, 0.05) is 18.7 Å². The molecular formula is C14H19N3OS. The van der Waals surface area contributed by atoms with Crippen molar-refractivity contribution in [2.24, 2.45) is 16.9 Å². The molecule has 1 saturated heterocycles. The van der Waals surface area contributed by atoms with Crippen LogP contribution in [-0.2, 0) is 11.3 Å². The third-order valence-corrected chi connectivity index (χ3v) is 4.00. The number of hydrogen-bond donors (Lipinski definition) is 2. The number of carbonyl (C=O) groups is 1. The van der Waals surface area contributed by atoms with Gasteiger partial charge in [0.15, 0.2) is 0 Å². The number of thiocarbonyl (C=S) groups is 1. The number of rotatable bonds is 4. The molecule has 1 amide bonds. The number of hydrogen-bond acceptors (Lipinski definition) is 3. The van der Waals surface area contributed by atoms with Crippen LogP contribution in [0.1, 0.15) is 24.5 Å². The van der Waals surface area contributed by atoms with Crippen LogP contribution < -0.4 is 11.5 Å². The molecule has 1 unspecified atom stereocenters. The average Bonchev–Trinajstić information content (AvgIpc) is 2.72. The topological polar surface area (TPSA) is 72.4 Å². The molecule has 2 rings (SSSR count). The fourth-order valence-electron chi connectivity index (χ4n) is 2.47. The van der Waals surface area contributed by atoms with Gasteiger partial charge in [0.2, 0.25) is 5.91 Å². The van der Waals surface area contributed by atoms with Crippen molar-refractivity contribution >= 4 is 23.1 Å². The Kier molecular flexibility index (Phi) is 3.87. The van der Waals surface area contributed by atoms with Gasteiger partial charge in [-0.05, 0) is 31.5 Å². The average molecular weight is 277 g/mol. The van der Waals surface area contributed by atoms with Gasteiger partial charge < -0.3 is 11.5 Å². The quantitative estimate of drug-likeness (QED) is 0.806. The van der Waals surface area contributed by atoms with Crippen LogP contribution in [0.2, 0.25) is 0 Å². The van der Waals surface area contributed by atoms with Gasteiger partial charge in [-0.2, -0.15) is 0 Å². The SMILES string of the molecule is CC1(C(N)=O)CCN(Cc2cccc(C(N)=S)c2)C1. The van der Waals surface area contributed by atoms with Crippen LogP contribution in [0, 0.1) is 5.41 Å². The second-order valence-electron chi connectivity index (χ2n) is 5.45. The van der Waals surface area contributed by atoms with E-state index in [0.29, 0.717) is 11.5 Å². The lowest BCUT2D eigenvalue weighted by Gasteiger charge is -2.21. The molecule has 1 aliphatic rings. The third kappa shape index (κ3) is 3.11. The Morgan fingerprint density at radius 2 is 2.21 bits per heavy atom. The number of primary amides is 1. The molecule has 0 bridgehead atoms. The number of amides is 1. The van der Waals surface area contributed by atoms with Crippen molar-refractivity contribution in [2.45, 2.75) is 19.9 Å². The molecule has 19 heavy (non-hydrogen) atoms. The predicted molar refractivity (Wildman–Crippen MR) is 79.5 cm³/mol. The highest BCUT2D eigenvalue weighted by molar-refractivity contribution is 7.80. The molecule has 1 aliphatic heterocycles. The molecule has 0 radical (unpaired) electrons. The maximum atomic E-state index is 11.4. The maximum absolute atomic E-state index is 11.4. The molecule has 0 aromatic heterocycles. The highest BCUT2D eigenvalue weighted by Gasteiger charge is 2.38. The molecular weight excluding hydrogens is 258 g/mol. The van der Waals surface area contributed by atoms with E-state index in [9.17, 15) is 4.79 Å². The Bertz CT molecular complexity index is 517. The van der Waals surface area contributed by atoms with E-state index in [-0.39, 0.29) is 5.91 Å². The van der Waals surface area contributed by atoms with Crippen LogP contribution in [0.5, 0.6) is 0 Å². The van der Waals surface area contributed by atoms with Crippen molar-refractivity contribution < 1.29 is 4.79 Å². The Balaban J connectivity index is 2.05. The summed E-state index contributed by atoms with van der Waals surface area (Å²) in [6, 6.07) is 7.90. The van der Waals surface area contributed by atoms with Crippen LogP contribution in [0.25, 0.3) is 0 Å².